The van der Waals surface area contributed by atoms with Gasteiger partial charge in [0.15, 0.2) is 5.78 Å². The molecule has 1 fully saturated rings. The van der Waals surface area contributed by atoms with Crippen molar-refractivity contribution in [2.24, 2.45) is 5.92 Å². The van der Waals surface area contributed by atoms with Gasteiger partial charge >= 0.3 is 5.69 Å². The van der Waals surface area contributed by atoms with Gasteiger partial charge in [-0.2, -0.15) is 0 Å². The summed E-state index contributed by atoms with van der Waals surface area (Å²) in [5.74, 6) is -0.177. The lowest BCUT2D eigenvalue weighted by Gasteiger charge is -2.10. The predicted octanol–water partition coefficient (Wildman–Crippen LogP) is 2.34. The molecule has 0 radical (unpaired) electrons. The molecule has 1 aliphatic heterocycles. The van der Waals surface area contributed by atoms with Crippen LogP contribution in [0.3, 0.4) is 0 Å². The zero-order valence-corrected chi connectivity index (χ0v) is 11.6. The number of rotatable bonds is 5. The SMILES string of the molecule is O=C(COc1c(Br)cccc1[N+](=O)[O-])C1CCOC1. The van der Waals surface area contributed by atoms with E-state index in [4.69, 9.17) is 9.47 Å². The first-order valence-electron chi connectivity index (χ1n) is 5.75. The Labute approximate surface area is 118 Å². The van der Waals surface area contributed by atoms with Gasteiger partial charge in [0.2, 0.25) is 5.75 Å². The second-order valence-corrected chi connectivity index (χ2v) is 5.02. The van der Waals surface area contributed by atoms with Gasteiger partial charge in [-0.1, -0.05) is 6.07 Å². The normalized spacial score (nSPS) is 18.3. The first-order valence-corrected chi connectivity index (χ1v) is 6.55. The van der Waals surface area contributed by atoms with E-state index in [1.54, 1.807) is 12.1 Å². The van der Waals surface area contributed by atoms with E-state index in [1.807, 2.05) is 0 Å². The highest BCUT2D eigenvalue weighted by Gasteiger charge is 2.25. The molecule has 19 heavy (non-hydrogen) atoms. The quantitative estimate of drug-likeness (QED) is 0.612. The van der Waals surface area contributed by atoms with Crippen LogP contribution < -0.4 is 4.74 Å². The van der Waals surface area contributed by atoms with Crippen LogP contribution in [0.25, 0.3) is 0 Å². The number of halogens is 1. The monoisotopic (exact) mass is 329 g/mol. The molecule has 0 saturated carbocycles. The maximum absolute atomic E-state index is 11.8. The van der Waals surface area contributed by atoms with Crippen molar-refractivity contribution in [3.8, 4) is 5.75 Å². The van der Waals surface area contributed by atoms with Crippen molar-refractivity contribution in [1.29, 1.82) is 0 Å². The molecule has 0 amide bonds. The van der Waals surface area contributed by atoms with Gasteiger partial charge in [0.1, 0.15) is 6.61 Å². The zero-order valence-electron chi connectivity index (χ0n) is 10.0. The van der Waals surface area contributed by atoms with E-state index < -0.39 is 4.92 Å². The van der Waals surface area contributed by atoms with Crippen LogP contribution >= 0.6 is 15.9 Å². The minimum Gasteiger partial charge on any atom is -0.478 e. The van der Waals surface area contributed by atoms with Gasteiger partial charge in [-0.25, -0.2) is 0 Å². The summed E-state index contributed by atoms with van der Waals surface area (Å²) < 4.78 is 10.9. The number of Topliss-reactive ketones (excluding diaryl/α,β-unsaturated/α-hetero) is 1. The average molecular weight is 330 g/mol. The fraction of sp³-hybridized carbons (Fsp3) is 0.417. The molecule has 0 N–H and O–H groups in total. The van der Waals surface area contributed by atoms with E-state index in [-0.39, 0.29) is 29.7 Å². The Balaban J connectivity index is 2.06. The van der Waals surface area contributed by atoms with Crippen molar-refractivity contribution >= 4 is 27.4 Å². The standard InChI is InChI=1S/C12H12BrNO5/c13-9-2-1-3-10(14(16)17)12(9)19-7-11(15)8-4-5-18-6-8/h1-3,8H,4-7H2. The molecule has 7 heteroatoms. The maximum atomic E-state index is 11.8. The topological polar surface area (TPSA) is 78.7 Å². The summed E-state index contributed by atoms with van der Waals surface area (Å²) >= 11 is 3.18. The van der Waals surface area contributed by atoms with Crippen molar-refractivity contribution in [2.45, 2.75) is 6.42 Å². The van der Waals surface area contributed by atoms with E-state index in [9.17, 15) is 14.9 Å². The van der Waals surface area contributed by atoms with Gasteiger partial charge in [0, 0.05) is 18.6 Å². The summed E-state index contributed by atoms with van der Waals surface area (Å²) in [5.41, 5.74) is -0.162. The molecule has 1 atom stereocenters. The van der Waals surface area contributed by atoms with Gasteiger partial charge in [-0.15, -0.1) is 0 Å². The summed E-state index contributed by atoms with van der Waals surface area (Å²) in [4.78, 5) is 22.2. The maximum Gasteiger partial charge on any atom is 0.312 e. The number of nitro groups is 1. The molecule has 0 bridgehead atoms. The molecule has 2 rings (SSSR count). The highest BCUT2D eigenvalue weighted by atomic mass is 79.9. The molecule has 0 aromatic heterocycles. The average Bonchev–Trinajstić information content (AvgIpc) is 2.90. The molecule has 1 aromatic rings. The Hall–Kier alpha value is -1.47. The van der Waals surface area contributed by atoms with Crippen molar-refractivity contribution in [1.82, 2.24) is 0 Å². The highest BCUT2D eigenvalue weighted by Crippen LogP contribution is 2.34. The number of para-hydroxylation sites is 1. The fourth-order valence-electron chi connectivity index (χ4n) is 1.83. The number of carbonyl (C=O) groups excluding carboxylic acids is 1. The second-order valence-electron chi connectivity index (χ2n) is 4.16. The molecule has 6 nitrogen and oxygen atoms in total. The minimum absolute atomic E-state index is 0.0831. The molecule has 102 valence electrons. The van der Waals surface area contributed by atoms with E-state index in [1.165, 1.54) is 6.07 Å². The summed E-state index contributed by atoms with van der Waals surface area (Å²) in [7, 11) is 0. The lowest BCUT2D eigenvalue weighted by atomic mass is 10.0. The summed E-state index contributed by atoms with van der Waals surface area (Å²) in [6, 6.07) is 4.51. The van der Waals surface area contributed by atoms with Gasteiger partial charge < -0.3 is 9.47 Å². The zero-order chi connectivity index (χ0) is 13.8. The van der Waals surface area contributed by atoms with Crippen LogP contribution in [0.15, 0.2) is 22.7 Å². The van der Waals surface area contributed by atoms with Crippen LogP contribution in [0, 0.1) is 16.0 Å². The van der Waals surface area contributed by atoms with Gasteiger partial charge in [-0.05, 0) is 28.4 Å². The second kappa shape index (κ2) is 6.12. The summed E-state index contributed by atoms with van der Waals surface area (Å²) in [6.45, 7) is 0.795. The van der Waals surface area contributed by atoms with Gasteiger partial charge in [-0.3, -0.25) is 14.9 Å². The fourth-order valence-corrected chi connectivity index (χ4v) is 2.30. The number of benzene rings is 1. The Kier molecular flexibility index (Phi) is 4.49. The van der Waals surface area contributed by atoms with Crippen LogP contribution in [0.1, 0.15) is 6.42 Å². The Morgan fingerprint density at radius 3 is 3.00 bits per heavy atom. The first kappa shape index (κ1) is 14.0. The minimum atomic E-state index is -0.538. The van der Waals surface area contributed by atoms with Crippen molar-refractivity contribution in [3.05, 3.63) is 32.8 Å². The molecule has 0 aliphatic carbocycles. The Bertz CT molecular complexity index is 499. The molecule has 1 aliphatic rings. The van der Waals surface area contributed by atoms with Crippen LogP contribution in [0.4, 0.5) is 5.69 Å². The first-order chi connectivity index (χ1) is 9.09. The van der Waals surface area contributed by atoms with Crippen molar-refractivity contribution < 1.29 is 19.2 Å². The van der Waals surface area contributed by atoms with Crippen LogP contribution in [-0.2, 0) is 9.53 Å². The van der Waals surface area contributed by atoms with Gasteiger partial charge in [0.25, 0.3) is 0 Å². The lowest BCUT2D eigenvalue weighted by Crippen LogP contribution is -2.22. The molecule has 1 unspecified atom stereocenters. The van der Waals surface area contributed by atoms with E-state index >= 15 is 0 Å². The largest absolute Gasteiger partial charge is 0.478 e. The van der Waals surface area contributed by atoms with Gasteiger partial charge in [0.05, 0.1) is 16.0 Å². The smallest absolute Gasteiger partial charge is 0.312 e. The molecular formula is C12H12BrNO5. The summed E-state index contributed by atoms with van der Waals surface area (Å²) in [5, 5.41) is 10.9. The van der Waals surface area contributed by atoms with E-state index in [0.29, 0.717) is 24.1 Å². The molecule has 1 aromatic carbocycles. The van der Waals surface area contributed by atoms with Crippen molar-refractivity contribution in [3.63, 3.8) is 0 Å². The molecular weight excluding hydrogens is 318 g/mol. The van der Waals surface area contributed by atoms with E-state index in [2.05, 4.69) is 15.9 Å². The lowest BCUT2D eigenvalue weighted by molar-refractivity contribution is -0.385. The number of nitro benzene ring substituents is 1. The summed E-state index contributed by atoms with van der Waals surface area (Å²) in [6.07, 6.45) is 0.681. The number of ether oxygens (including phenoxy) is 2. The number of hydrogen-bond donors (Lipinski definition) is 0. The predicted molar refractivity (Wildman–Crippen MR) is 70.2 cm³/mol. The molecule has 1 saturated heterocycles. The Morgan fingerprint density at radius 2 is 2.37 bits per heavy atom. The van der Waals surface area contributed by atoms with Crippen LogP contribution in [0.5, 0.6) is 5.75 Å². The van der Waals surface area contributed by atoms with Crippen LogP contribution in [-0.4, -0.2) is 30.5 Å². The number of nitrogens with zero attached hydrogens (tertiary/aromatic N) is 1. The third-order valence-corrected chi connectivity index (χ3v) is 3.51. The third-order valence-electron chi connectivity index (χ3n) is 2.89. The number of ketones is 1. The molecule has 0 spiro atoms. The van der Waals surface area contributed by atoms with Crippen molar-refractivity contribution in [2.75, 3.05) is 19.8 Å². The third kappa shape index (κ3) is 3.30. The van der Waals surface area contributed by atoms with E-state index in [0.717, 1.165) is 0 Å². The number of hydrogen-bond acceptors (Lipinski definition) is 5. The molecule has 1 heterocycles. The Morgan fingerprint density at radius 1 is 1.58 bits per heavy atom. The highest BCUT2D eigenvalue weighted by molar-refractivity contribution is 9.10. The van der Waals surface area contributed by atoms with Crippen LogP contribution in [0.2, 0.25) is 0 Å². The number of carbonyl (C=O) groups is 1.